The van der Waals surface area contributed by atoms with E-state index in [1.807, 2.05) is 48.4 Å². The van der Waals surface area contributed by atoms with Crippen molar-refractivity contribution in [2.24, 2.45) is 5.92 Å². The average Bonchev–Trinajstić information content (AvgIpc) is 3.38. The number of pyridine rings is 1. The molecule has 2 N–H and O–H groups in total. The fourth-order valence-electron chi connectivity index (χ4n) is 3.78. The number of rotatable bonds is 7. The summed E-state index contributed by atoms with van der Waals surface area (Å²) in [5, 5.41) is 18.5. The molecular formula is C22H30N6O3. The normalized spacial score (nSPS) is 18.4. The minimum absolute atomic E-state index is 0.380. The number of hydrogen-bond donors (Lipinski definition) is 2. The molecule has 1 unspecified atom stereocenters. The van der Waals surface area contributed by atoms with E-state index in [1.165, 1.54) is 0 Å². The van der Waals surface area contributed by atoms with Crippen molar-refractivity contribution in [3.63, 3.8) is 0 Å². The Kier molecular flexibility index (Phi) is 6.08. The number of anilines is 1. The second kappa shape index (κ2) is 8.78. The zero-order chi connectivity index (χ0) is 22.0. The molecule has 3 aromatic heterocycles. The smallest absolute Gasteiger partial charge is 0.216 e. The van der Waals surface area contributed by atoms with Crippen molar-refractivity contribution in [1.29, 1.82) is 0 Å². The van der Waals surface area contributed by atoms with E-state index in [4.69, 9.17) is 14.6 Å². The Morgan fingerprint density at radius 2 is 2.10 bits per heavy atom. The lowest BCUT2D eigenvalue weighted by molar-refractivity contribution is -0.234. The SMILES string of the molecule is COc1cnccc1-c1cnc2ccc(NC[C@@H]3CCN(C(O)OC(C)(C)C)C3)nn12. The molecule has 3 aromatic rings. The molecule has 1 aliphatic rings. The van der Waals surface area contributed by atoms with Crippen molar-refractivity contribution in [2.75, 3.05) is 32.1 Å². The van der Waals surface area contributed by atoms with Gasteiger partial charge in [0.2, 0.25) is 6.41 Å². The third kappa shape index (κ3) is 4.95. The first-order valence-electron chi connectivity index (χ1n) is 10.5. The van der Waals surface area contributed by atoms with Crippen molar-refractivity contribution in [3.8, 4) is 17.0 Å². The molecule has 1 aliphatic heterocycles. The fourth-order valence-corrected chi connectivity index (χ4v) is 3.78. The molecule has 9 nitrogen and oxygen atoms in total. The predicted octanol–water partition coefficient (Wildman–Crippen LogP) is 2.62. The highest BCUT2D eigenvalue weighted by atomic mass is 16.6. The number of nitrogens with one attached hydrogen (secondary N) is 1. The number of hydrogen-bond acceptors (Lipinski definition) is 8. The Morgan fingerprint density at radius 3 is 2.87 bits per heavy atom. The molecule has 166 valence electrons. The summed E-state index contributed by atoms with van der Waals surface area (Å²) < 4.78 is 12.9. The summed E-state index contributed by atoms with van der Waals surface area (Å²) in [5.74, 6) is 1.84. The van der Waals surface area contributed by atoms with Crippen molar-refractivity contribution in [1.82, 2.24) is 24.5 Å². The Hall–Kier alpha value is -2.75. The number of likely N-dealkylation sites (tertiary alicyclic amines) is 1. The molecule has 0 aromatic carbocycles. The molecule has 4 rings (SSSR count). The third-order valence-electron chi connectivity index (χ3n) is 5.30. The van der Waals surface area contributed by atoms with Gasteiger partial charge < -0.3 is 19.9 Å². The van der Waals surface area contributed by atoms with Crippen LogP contribution in [0.4, 0.5) is 5.82 Å². The molecule has 0 bridgehead atoms. The van der Waals surface area contributed by atoms with E-state index < -0.39 is 6.41 Å². The molecule has 1 fully saturated rings. The maximum atomic E-state index is 10.3. The summed E-state index contributed by atoms with van der Waals surface area (Å²) in [6.07, 6.45) is 5.31. The van der Waals surface area contributed by atoms with Crippen LogP contribution in [-0.4, -0.2) is 68.3 Å². The first-order valence-corrected chi connectivity index (χ1v) is 10.5. The number of methoxy groups -OCH3 is 1. The van der Waals surface area contributed by atoms with Gasteiger partial charge in [-0.05, 0) is 51.3 Å². The maximum Gasteiger partial charge on any atom is 0.216 e. The number of ether oxygens (including phenoxy) is 2. The molecule has 0 aliphatic carbocycles. The quantitative estimate of drug-likeness (QED) is 0.557. The van der Waals surface area contributed by atoms with Crippen LogP contribution in [0.15, 0.2) is 36.8 Å². The zero-order valence-electron chi connectivity index (χ0n) is 18.4. The van der Waals surface area contributed by atoms with Crippen LogP contribution in [0.1, 0.15) is 27.2 Å². The highest BCUT2D eigenvalue weighted by Crippen LogP contribution is 2.29. The van der Waals surface area contributed by atoms with E-state index in [2.05, 4.69) is 15.3 Å². The first-order chi connectivity index (χ1) is 14.8. The molecular weight excluding hydrogens is 396 g/mol. The van der Waals surface area contributed by atoms with E-state index in [1.54, 1.807) is 25.7 Å². The lowest BCUT2D eigenvalue weighted by Gasteiger charge is -2.29. The van der Waals surface area contributed by atoms with E-state index in [0.29, 0.717) is 11.7 Å². The zero-order valence-corrected chi connectivity index (χ0v) is 18.4. The van der Waals surface area contributed by atoms with Crippen LogP contribution in [0.25, 0.3) is 16.9 Å². The van der Waals surface area contributed by atoms with Crippen LogP contribution in [0.3, 0.4) is 0 Å². The molecule has 2 atom stereocenters. The van der Waals surface area contributed by atoms with E-state index in [9.17, 15) is 5.11 Å². The second-order valence-corrected chi connectivity index (χ2v) is 8.80. The van der Waals surface area contributed by atoms with Gasteiger partial charge >= 0.3 is 0 Å². The highest BCUT2D eigenvalue weighted by Gasteiger charge is 2.30. The molecule has 31 heavy (non-hydrogen) atoms. The number of aliphatic hydroxyl groups excluding tert-OH is 1. The van der Waals surface area contributed by atoms with Crippen molar-refractivity contribution in [3.05, 3.63) is 36.8 Å². The van der Waals surface area contributed by atoms with Crippen LogP contribution >= 0.6 is 0 Å². The second-order valence-electron chi connectivity index (χ2n) is 8.80. The summed E-state index contributed by atoms with van der Waals surface area (Å²) in [4.78, 5) is 10.5. The van der Waals surface area contributed by atoms with Crippen LogP contribution in [-0.2, 0) is 4.74 Å². The minimum Gasteiger partial charge on any atom is -0.494 e. The molecule has 0 radical (unpaired) electrons. The fraction of sp³-hybridized carbons (Fsp3) is 0.500. The first kappa shape index (κ1) is 21.5. The number of nitrogens with zero attached hydrogens (tertiary/aromatic N) is 5. The number of imidazole rings is 1. The van der Waals surface area contributed by atoms with E-state index >= 15 is 0 Å². The summed E-state index contributed by atoms with van der Waals surface area (Å²) in [7, 11) is 1.62. The van der Waals surface area contributed by atoms with Gasteiger partial charge in [0.15, 0.2) is 5.65 Å². The van der Waals surface area contributed by atoms with Gasteiger partial charge in [0, 0.05) is 31.4 Å². The summed E-state index contributed by atoms with van der Waals surface area (Å²) in [5.41, 5.74) is 2.10. The Labute approximate surface area is 182 Å². The molecule has 0 saturated carbocycles. The standard InChI is InChI=1S/C22H30N6O3/c1-22(2,3)31-21(29)27-10-8-15(14-27)11-24-19-5-6-20-25-12-17(28(20)26-19)16-7-9-23-13-18(16)30-4/h5-7,9,12-13,15,21,29H,8,10-11,14H2,1-4H3,(H,24,26)/t15-,21?/m0/s1. The third-order valence-corrected chi connectivity index (χ3v) is 5.30. The lowest BCUT2D eigenvalue weighted by atomic mass is 10.1. The molecule has 9 heteroatoms. The van der Waals surface area contributed by atoms with Crippen molar-refractivity contribution >= 4 is 11.5 Å². The molecule has 0 amide bonds. The van der Waals surface area contributed by atoms with Gasteiger partial charge in [-0.2, -0.15) is 0 Å². The Morgan fingerprint density at radius 1 is 1.26 bits per heavy atom. The summed E-state index contributed by atoms with van der Waals surface area (Å²) in [6.45, 7) is 8.18. The van der Waals surface area contributed by atoms with Crippen LogP contribution < -0.4 is 10.1 Å². The Bertz CT molecular complexity index is 1030. The monoisotopic (exact) mass is 426 g/mol. The largest absolute Gasteiger partial charge is 0.494 e. The van der Waals surface area contributed by atoms with Crippen molar-refractivity contribution < 1.29 is 14.6 Å². The van der Waals surface area contributed by atoms with Gasteiger partial charge in [0.25, 0.3) is 0 Å². The van der Waals surface area contributed by atoms with Gasteiger partial charge in [-0.15, -0.1) is 5.10 Å². The van der Waals surface area contributed by atoms with Crippen LogP contribution in [0.5, 0.6) is 5.75 Å². The van der Waals surface area contributed by atoms with E-state index in [-0.39, 0.29) is 5.60 Å². The summed E-state index contributed by atoms with van der Waals surface area (Å²) >= 11 is 0. The molecule has 1 saturated heterocycles. The Balaban J connectivity index is 1.43. The van der Waals surface area contributed by atoms with Gasteiger partial charge in [0.05, 0.1) is 30.8 Å². The molecule has 0 spiro atoms. The highest BCUT2D eigenvalue weighted by molar-refractivity contribution is 5.69. The topological polar surface area (TPSA) is 97.0 Å². The van der Waals surface area contributed by atoms with Gasteiger partial charge in [0.1, 0.15) is 11.6 Å². The lowest BCUT2D eigenvalue weighted by Crippen LogP contribution is -2.40. The number of aliphatic hydroxyl groups is 1. The predicted molar refractivity (Wildman–Crippen MR) is 118 cm³/mol. The summed E-state index contributed by atoms with van der Waals surface area (Å²) in [6, 6.07) is 5.76. The minimum atomic E-state index is -0.872. The van der Waals surface area contributed by atoms with E-state index in [0.717, 1.165) is 48.8 Å². The van der Waals surface area contributed by atoms with Gasteiger partial charge in [-0.3, -0.25) is 9.88 Å². The van der Waals surface area contributed by atoms with Gasteiger partial charge in [-0.25, -0.2) is 9.50 Å². The van der Waals surface area contributed by atoms with Gasteiger partial charge in [-0.1, -0.05) is 0 Å². The van der Waals surface area contributed by atoms with Crippen LogP contribution in [0.2, 0.25) is 0 Å². The average molecular weight is 427 g/mol. The van der Waals surface area contributed by atoms with Crippen LogP contribution in [0, 0.1) is 5.92 Å². The maximum absolute atomic E-state index is 10.3. The number of fused-ring (bicyclic) bond motifs is 1. The van der Waals surface area contributed by atoms with Crippen molar-refractivity contribution in [2.45, 2.75) is 39.2 Å². The molecule has 4 heterocycles. The number of aromatic nitrogens is 4.